The fourth-order valence-electron chi connectivity index (χ4n) is 3.91. The van der Waals surface area contributed by atoms with Gasteiger partial charge in [0.2, 0.25) is 0 Å². The number of nitrogens with zero attached hydrogens (tertiary/aromatic N) is 2. The van der Waals surface area contributed by atoms with Gasteiger partial charge in [-0.25, -0.2) is 9.48 Å². The Hall–Kier alpha value is -3.20. The highest BCUT2D eigenvalue weighted by atomic mass is 35.5. The number of carbonyl (C=O) groups is 1. The maximum absolute atomic E-state index is 13.2. The van der Waals surface area contributed by atoms with Crippen LogP contribution < -0.4 is 15.4 Å². The lowest BCUT2D eigenvalue weighted by atomic mass is 9.88. The average molecular weight is 479 g/mol. The van der Waals surface area contributed by atoms with E-state index in [1.165, 1.54) is 11.6 Å². The highest BCUT2D eigenvalue weighted by Crippen LogP contribution is 2.30. The average Bonchev–Trinajstić information content (AvgIpc) is 3.22. The summed E-state index contributed by atoms with van der Waals surface area (Å²) >= 11 is 5.98. The molecule has 1 aliphatic rings. The summed E-state index contributed by atoms with van der Waals surface area (Å²) in [6.45, 7) is -0.140. The molecule has 2 amide bonds. The van der Waals surface area contributed by atoms with Crippen molar-refractivity contribution >= 4 is 17.6 Å². The van der Waals surface area contributed by atoms with E-state index in [1.54, 1.807) is 25.3 Å². The molecule has 1 heterocycles. The molecule has 0 saturated carbocycles. The highest BCUT2D eigenvalue weighted by Gasteiger charge is 2.35. The molecule has 10 heteroatoms. The Morgan fingerprint density at radius 1 is 1.21 bits per heavy atom. The second kappa shape index (κ2) is 9.35. The molecule has 0 aliphatic heterocycles. The van der Waals surface area contributed by atoms with E-state index in [0.29, 0.717) is 17.1 Å². The van der Waals surface area contributed by atoms with E-state index < -0.39 is 17.9 Å². The SMILES string of the molecule is COc1ccc2c(c1)CC(NC(=O)NCc1cc(C(F)(F)F)nn1-c1cccc(Cl)c1)CC2. The predicted molar refractivity (Wildman–Crippen MR) is 118 cm³/mol. The fraction of sp³-hybridized carbons (Fsp3) is 0.304. The Labute approximate surface area is 193 Å². The molecule has 1 aromatic heterocycles. The number of aryl methyl sites for hydroxylation is 1. The zero-order chi connectivity index (χ0) is 23.6. The number of benzene rings is 2. The summed E-state index contributed by atoms with van der Waals surface area (Å²) in [7, 11) is 1.60. The Morgan fingerprint density at radius 2 is 2.03 bits per heavy atom. The Bertz CT molecular complexity index is 1160. The van der Waals surface area contributed by atoms with Crippen molar-refractivity contribution in [3.63, 3.8) is 0 Å². The molecule has 1 unspecified atom stereocenters. The van der Waals surface area contributed by atoms with Gasteiger partial charge in [-0.05, 0) is 66.8 Å². The zero-order valence-electron chi connectivity index (χ0n) is 17.7. The van der Waals surface area contributed by atoms with E-state index in [0.717, 1.165) is 34.9 Å². The molecule has 0 spiro atoms. The van der Waals surface area contributed by atoms with E-state index in [4.69, 9.17) is 16.3 Å². The molecular weight excluding hydrogens is 457 g/mol. The zero-order valence-corrected chi connectivity index (χ0v) is 18.5. The summed E-state index contributed by atoms with van der Waals surface area (Å²) < 4.78 is 46.2. The van der Waals surface area contributed by atoms with Crippen LogP contribution in [0, 0.1) is 0 Å². The highest BCUT2D eigenvalue weighted by molar-refractivity contribution is 6.30. The van der Waals surface area contributed by atoms with Crippen molar-refractivity contribution in [3.8, 4) is 11.4 Å². The summed E-state index contributed by atoms with van der Waals surface area (Å²) in [6.07, 6.45) is -2.37. The van der Waals surface area contributed by atoms with Gasteiger partial charge in [0.25, 0.3) is 0 Å². The van der Waals surface area contributed by atoms with Crippen molar-refractivity contribution in [1.82, 2.24) is 20.4 Å². The van der Waals surface area contributed by atoms with E-state index in [1.807, 2.05) is 18.2 Å². The molecule has 1 aliphatic carbocycles. The van der Waals surface area contributed by atoms with Crippen LogP contribution in [0.2, 0.25) is 5.02 Å². The number of rotatable bonds is 5. The summed E-state index contributed by atoms with van der Waals surface area (Å²) in [5.74, 6) is 0.758. The monoisotopic (exact) mass is 478 g/mol. The number of hydrogen-bond acceptors (Lipinski definition) is 3. The van der Waals surface area contributed by atoms with Gasteiger partial charge < -0.3 is 15.4 Å². The minimum Gasteiger partial charge on any atom is -0.497 e. The number of halogens is 4. The second-order valence-electron chi connectivity index (χ2n) is 7.81. The molecule has 1 atom stereocenters. The summed E-state index contributed by atoms with van der Waals surface area (Å²) in [5.41, 5.74) is 1.84. The molecular formula is C23H22ClF3N4O2. The minimum absolute atomic E-state index is 0.0896. The summed E-state index contributed by atoms with van der Waals surface area (Å²) in [5, 5.41) is 9.60. The smallest absolute Gasteiger partial charge is 0.435 e. The standard InChI is InChI=1S/C23H22ClF3N4O2/c1-33-20-8-6-14-5-7-17(9-15(14)10-20)29-22(32)28-13-19-12-21(23(25,26)27)30-31(19)18-4-2-3-16(24)11-18/h2-4,6,8,10-12,17H,5,7,9,13H2,1H3,(H2,28,29,32). The van der Waals surface area contributed by atoms with Crippen LogP contribution >= 0.6 is 11.6 Å². The van der Waals surface area contributed by atoms with Crippen molar-refractivity contribution < 1.29 is 22.7 Å². The van der Waals surface area contributed by atoms with Gasteiger partial charge in [-0.3, -0.25) is 0 Å². The van der Waals surface area contributed by atoms with Crippen LogP contribution in [0.15, 0.2) is 48.5 Å². The van der Waals surface area contributed by atoms with E-state index >= 15 is 0 Å². The van der Waals surface area contributed by atoms with Crippen molar-refractivity contribution in [2.75, 3.05) is 7.11 Å². The third-order valence-electron chi connectivity index (χ3n) is 5.53. The van der Waals surface area contributed by atoms with Crippen LogP contribution in [-0.2, 0) is 25.6 Å². The van der Waals surface area contributed by atoms with E-state index in [9.17, 15) is 18.0 Å². The minimum atomic E-state index is -4.61. The lowest BCUT2D eigenvalue weighted by Crippen LogP contribution is -2.44. The second-order valence-corrected chi connectivity index (χ2v) is 8.25. The Balaban J connectivity index is 1.44. The topological polar surface area (TPSA) is 68.2 Å². The van der Waals surface area contributed by atoms with Gasteiger partial charge in [-0.2, -0.15) is 18.3 Å². The molecule has 3 aromatic rings. The molecule has 174 valence electrons. The quantitative estimate of drug-likeness (QED) is 0.547. The number of methoxy groups -OCH3 is 1. The van der Waals surface area contributed by atoms with E-state index in [2.05, 4.69) is 15.7 Å². The van der Waals surface area contributed by atoms with Crippen molar-refractivity contribution in [2.24, 2.45) is 0 Å². The maximum atomic E-state index is 13.2. The van der Waals surface area contributed by atoms with Crippen LogP contribution in [0.1, 0.15) is 28.9 Å². The van der Waals surface area contributed by atoms with Crippen molar-refractivity contribution in [3.05, 3.63) is 76.1 Å². The number of hydrogen-bond donors (Lipinski definition) is 2. The van der Waals surface area contributed by atoms with Crippen LogP contribution in [0.25, 0.3) is 5.69 Å². The first kappa shape index (κ1) is 23.0. The molecule has 0 radical (unpaired) electrons. The molecule has 33 heavy (non-hydrogen) atoms. The summed E-state index contributed by atoms with van der Waals surface area (Å²) in [4.78, 5) is 12.5. The van der Waals surface area contributed by atoms with Gasteiger partial charge >= 0.3 is 12.2 Å². The number of urea groups is 1. The number of nitrogens with one attached hydrogen (secondary N) is 2. The van der Waals surface area contributed by atoms with Gasteiger partial charge in [0.15, 0.2) is 5.69 Å². The number of fused-ring (bicyclic) bond motifs is 1. The molecule has 0 bridgehead atoms. The van der Waals surface area contributed by atoms with Crippen LogP contribution in [0.4, 0.5) is 18.0 Å². The first-order valence-corrected chi connectivity index (χ1v) is 10.7. The number of amides is 2. The van der Waals surface area contributed by atoms with Gasteiger partial charge in [0, 0.05) is 11.1 Å². The first-order chi connectivity index (χ1) is 15.7. The summed E-state index contributed by atoms with van der Waals surface area (Å²) in [6, 6.07) is 12.6. The first-order valence-electron chi connectivity index (χ1n) is 10.3. The van der Waals surface area contributed by atoms with Gasteiger partial charge in [-0.1, -0.05) is 23.7 Å². The van der Waals surface area contributed by atoms with Crippen LogP contribution in [0.5, 0.6) is 5.75 Å². The molecule has 0 fully saturated rings. The molecule has 2 N–H and O–H groups in total. The van der Waals surface area contributed by atoms with E-state index in [-0.39, 0.29) is 18.3 Å². The van der Waals surface area contributed by atoms with Crippen LogP contribution in [0.3, 0.4) is 0 Å². The number of alkyl halides is 3. The van der Waals surface area contributed by atoms with Crippen molar-refractivity contribution in [1.29, 1.82) is 0 Å². The lowest BCUT2D eigenvalue weighted by Gasteiger charge is -2.26. The Kier molecular flexibility index (Phi) is 6.51. The third kappa shape index (κ3) is 5.42. The number of ether oxygens (including phenoxy) is 1. The molecule has 0 saturated heterocycles. The van der Waals surface area contributed by atoms with Gasteiger partial charge in [-0.15, -0.1) is 0 Å². The number of aromatic nitrogens is 2. The third-order valence-corrected chi connectivity index (χ3v) is 5.77. The fourth-order valence-corrected chi connectivity index (χ4v) is 4.09. The van der Waals surface area contributed by atoms with Crippen LogP contribution in [-0.4, -0.2) is 29.0 Å². The predicted octanol–water partition coefficient (Wildman–Crippen LogP) is 4.91. The maximum Gasteiger partial charge on any atom is 0.435 e. The molecule has 2 aromatic carbocycles. The largest absolute Gasteiger partial charge is 0.497 e. The number of carbonyl (C=O) groups excluding carboxylic acids is 1. The molecule has 4 rings (SSSR count). The Morgan fingerprint density at radius 3 is 2.76 bits per heavy atom. The van der Waals surface area contributed by atoms with Gasteiger partial charge in [0.05, 0.1) is 25.0 Å². The van der Waals surface area contributed by atoms with Gasteiger partial charge in [0.1, 0.15) is 5.75 Å². The lowest BCUT2D eigenvalue weighted by molar-refractivity contribution is -0.141. The van der Waals surface area contributed by atoms with Crippen molar-refractivity contribution in [2.45, 2.75) is 38.0 Å². The normalized spacial score (nSPS) is 15.6. The molecule has 6 nitrogen and oxygen atoms in total.